The molecule has 3 aromatic rings. The third-order valence-corrected chi connectivity index (χ3v) is 4.66. The topological polar surface area (TPSA) is 84.7 Å². The number of benzene rings is 1. The molecule has 26 heavy (non-hydrogen) atoms. The maximum absolute atomic E-state index is 12.7. The van der Waals surface area contributed by atoms with Crippen molar-refractivity contribution < 1.29 is 4.79 Å². The Morgan fingerprint density at radius 1 is 1.15 bits per heavy atom. The van der Waals surface area contributed by atoms with E-state index in [0.29, 0.717) is 11.4 Å². The van der Waals surface area contributed by atoms with Crippen LogP contribution in [0.1, 0.15) is 35.7 Å². The summed E-state index contributed by atoms with van der Waals surface area (Å²) >= 11 is 0. The number of nitrogens with one attached hydrogen (secondary N) is 2. The second kappa shape index (κ2) is 7.35. The fourth-order valence-corrected chi connectivity index (χ4v) is 3.43. The van der Waals surface area contributed by atoms with Gasteiger partial charge in [0.05, 0.1) is 18.6 Å². The smallest absolute Gasteiger partial charge is 0.251 e. The molecule has 1 amide bonds. The van der Waals surface area contributed by atoms with Crippen LogP contribution in [0.25, 0.3) is 0 Å². The molecule has 0 bridgehead atoms. The first-order chi connectivity index (χ1) is 12.8. The molecular weight excluding hydrogens is 328 g/mol. The van der Waals surface area contributed by atoms with E-state index in [2.05, 4.69) is 30.2 Å². The normalized spacial score (nSPS) is 19.2. The summed E-state index contributed by atoms with van der Waals surface area (Å²) in [7, 11) is 0. The molecule has 2 atom stereocenters. The van der Waals surface area contributed by atoms with Crippen molar-refractivity contribution in [3.63, 3.8) is 0 Å². The zero-order valence-electron chi connectivity index (χ0n) is 14.2. The van der Waals surface area contributed by atoms with Crippen LogP contribution >= 0.6 is 0 Å². The standard InChI is InChI=1S/C19H20N6O/c26-19(24-16-5-2-6-17(16)25-10-9-21-13-25)14-3-1-4-15(11-14)23-18-12-20-7-8-22-18/h1,3-4,7-13,16-17H,2,5-6H2,(H,22,23)(H,24,26). The lowest BCUT2D eigenvalue weighted by atomic mass is 10.1. The number of amides is 1. The average Bonchev–Trinajstić information content (AvgIpc) is 3.34. The number of rotatable bonds is 5. The van der Waals surface area contributed by atoms with Gasteiger partial charge in [0, 0.05) is 42.1 Å². The number of carbonyl (C=O) groups is 1. The fraction of sp³-hybridized carbons (Fsp3) is 0.263. The SMILES string of the molecule is O=C(NC1CCCC1n1ccnc1)c1cccc(Nc2cnccn2)c1. The molecule has 1 aliphatic rings. The van der Waals surface area contributed by atoms with Gasteiger partial charge in [0.1, 0.15) is 5.82 Å². The van der Waals surface area contributed by atoms with Gasteiger partial charge in [-0.05, 0) is 37.5 Å². The molecule has 2 N–H and O–H groups in total. The van der Waals surface area contributed by atoms with Gasteiger partial charge in [-0.15, -0.1) is 0 Å². The molecule has 7 nitrogen and oxygen atoms in total. The summed E-state index contributed by atoms with van der Waals surface area (Å²) in [4.78, 5) is 25.1. The van der Waals surface area contributed by atoms with Crippen LogP contribution in [0.2, 0.25) is 0 Å². The van der Waals surface area contributed by atoms with Gasteiger partial charge in [-0.3, -0.25) is 9.78 Å². The number of aromatic nitrogens is 4. The number of hydrogen-bond acceptors (Lipinski definition) is 5. The monoisotopic (exact) mass is 348 g/mol. The molecule has 0 spiro atoms. The van der Waals surface area contributed by atoms with Crippen LogP contribution < -0.4 is 10.6 Å². The third-order valence-electron chi connectivity index (χ3n) is 4.66. The molecule has 1 saturated carbocycles. The van der Waals surface area contributed by atoms with Crippen molar-refractivity contribution in [1.29, 1.82) is 0 Å². The van der Waals surface area contributed by atoms with Crippen molar-refractivity contribution in [2.24, 2.45) is 0 Å². The summed E-state index contributed by atoms with van der Waals surface area (Å²) in [5, 5.41) is 6.34. The molecule has 2 aromatic heterocycles. The molecule has 4 rings (SSSR count). The van der Waals surface area contributed by atoms with E-state index in [1.54, 1.807) is 24.8 Å². The van der Waals surface area contributed by atoms with E-state index in [1.165, 1.54) is 0 Å². The highest BCUT2D eigenvalue weighted by Gasteiger charge is 2.29. The van der Waals surface area contributed by atoms with Gasteiger partial charge >= 0.3 is 0 Å². The number of anilines is 2. The minimum atomic E-state index is -0.0650. The lowest BCUT2D eigenvalue weighted by Crippen LogP contribution is -2.38. The molecule has 2 unspecified atom stereocenters. The summed E-state index contributed by atoms with van der Waals surface area (Å²) in [6.07, 6.45) is 13.6. The Bertz CT molecular complexity index is 865. The van der Waals surface area contributed by atoms with Gasteiger partial charge in [0.2, 0.25) is 0 Å². The molecule has 0 aliphatic heterocycles. The van der Waals surface area contributed by atoms with Gasteiger partial charge < -0.3 is 15.2 Å². The van der Waals surface area contributed by atoms with Gasteiger partial charge in [0.25, 0.3) is 5.91 Å². The van der Waals surface area contributed by atoms with Crippen LogP contribution in [-0.2, 0) is 0 Å². The first kappa shape index (κ1) is 16.3. The van der Waals surface area contributed by atoms with Gasteiger partial charge in [-0.25, -0.2) is 9.97 Å². The number of hydrogen-bond donors (Lipinski definition) is 2. The van der Waals surface area contributed by atoms with E-state index < -0.39 is 0 Å². The van der Waals surface area contributed by atoms with Crippen LogP contribution in [0.15, 0.2) is 61.6 Å². The van der Waals surface area contributed by atoms with Crippen LogP contribution in [0.4, 0.5) is 11.5 Å². The Hall–Kier alpha value is -3.22. The molecule has 1 aliphatic carbocycles. The number of carbonyl (C=O) groups excluding carboxylic acids is 1. The molecule has 0 saturated heterocycles. The summed E-state index contributed by atoms with van der Waals surface area (Å²) in [5.41, 5.74) is 1.42. The van der Waals surface area contributed by atoms with Crippen LogP contribution in [0.5, 0.6) is 0 Å². The van der Waals surface area contributed by atoms with Crippen molar-refractivity contribution >= 4 is 17.4 Å². The quantitative estimate of drug-likeness (QED) is 0.740. The predicted molar refractivity (Wildman–Crippen MR) is 98.1 cm³/mol. The Labute approximate surface area is 151 Å². The van der Waals surface area contributed by atoms with Crippen molar-refractivity contribution in [2.75, 3.05) is 5.32 Å². The summed E-state index contributed by atoms with van der Waals surface area (Å²) in [5.74, 6) is 0.575. The Balaban J connectivity index is 1.45. The Morgan fingerprint density at radius 3 is 2.92 bits per heavy atom. The number of nitrogens with zero attached hydrogens (tertiary/aromatic N) is 4. The van der Waals surface area contributed by atoms with E-state index >= 15 is 0 Å². The maximum Gasteiger partial charge on any atom is 0.251 e. The second-order valence-corrected chi connectivity index (χ2v) is 6.38. The van der Waals surface area contributed by atoms with Crippen molar-refractivity contribution in [3.05, 3.63) is 67.1 Å². The second-order valence-electron chi connectivity index (χ2n) is 6.38. The zero-order valence-corrected chi connectivity index (χ0v) is 14.2. The largest absolute Gasteiger partial charge is 0.347 e. The maximum atomic E-state index is 12.7. The van der Waals surface area contributed by atoms with Crippen molar-refractivity contribution in [1.82, 2.24) is 24.8 Å². The Kier molecular flexibility index (Phi) is 4.59. The molecular formula is C19H20N6O. The van der Waals surface area contributed by atoms with Crippen molar-refractivity contribution in [3.8, 4) is 0 Å². The van der Waals surface area contributed by atoms with E-state index in [0.717, 1.165) is 24.9 Å². The summed E-state index contributed by atoms with van der Waals surface area (Å²) in [6, 6.07) is 7.78. The molecule has 1 aromatic carbocycles. The van der Waals surface area contributed by atoms with Crippen LogP contribution in [0.3, 0.4) is 0 Å². The zero-order chi connectivity index (χ0) is 17.8. The highest BCUT2D eigenvalue weighted by atomic mass is 16.1. The van der Waals surface area contributed by atoms with E-state index in [-0.39, 0.29) is 18.0 Å². The van der Waals surface area contributed by atoms with E-state index in [1.807, 2.05) is 36.8 Å². The van der Waals surface area contributed by atoms with Crippen molar-refractivity contribution in [2.45, 2.75) is 31.3 Å². The fourth-order valence-electron chi connectivity index (χ4n) is 3.43. The highest BCUT2D eigenvalue weighted by Crippen LogP contribution is 2.30. The van der Waals surface area contributed by atoms with Crippen LogP contribution in [0, 0.1) is 0 Å². The average molecular weight is 348 g/mol. The van der Waals surface area contributed by atoms with Gasteiger partial charge in [-0.1, -0.05) is 6.07 Å². The molecule has 7 heteroatoms. The molecule has 0 radical (unpaired) electrons. The summed E-state index contributed by atoms with van der Waals surface area (Å²) < 4.78 is 2.09. The van der Waals surface area contributed by atoms with Gasteiger partial charge in [-0.2, -0.15) is 0 Å². The minimum Gasteiger partial charge on any atom is -0.347 e. The molecule has 132 valence electrons. The lowest BCUT2D eigenvalue weighted by molar-refractivity contribution is 0.0929. The van der Waals surface area contributed by atoms with E-state index in [4.69, 9.17) is 0 Å². The van der Waals surface area contributed by atoms with E-state index in [9.17, 15) is 4.79 Å². The molecule has 2 heterocycles. The first-order valence-electron chi connectivity index (χ1n) is 8.71. The first-order valence-corrected chi connectivity index (χ1v) is 8.71. The minimum absolute atomic E-state index is 0.0650. The number of imidazole rings is 1. The molecule has 1 fully saturated rings. The van der Waals surface area contributed by atoms with Crippen LogP contribution in [-0.4, -0.2) is 31.5 Å². The predicted octanol–water partition coefficient (Wildman–Crippen LogP) is 2.94. The summed E-state index contributed by atoms with van der Waals surface area (Å²) in [6.45, 7) is 0. The Morgan fingerprint density at radius 2 is 2.12 bits per heavy atom. The van der Waals surface area contributed by atoms with Gasteiger partial charge in [0.15, 0.2) is 0 Å². The third kappa shape index (κ3) is 3.56. The highest BCUT2D eigenvalue weighted by molar-refractivity contribution is 5.95. The lowest BCUT2D eigenvalue weighted by Gasteiger charge is -2.22.